The van der Waals surface area contributed by atoms with Gasteiger partial charge in [-0.1, -0.05) is 13.8 Å². The molecule has 0 aliphatic rings. The second-order valence-electron chi connectivity index (χ2n) is 4.00. The van der Waals surface area contributed by atoms with Gasteiger partial charge in [0.2, 0.25) is 0 Å². The van der Waals surface area contributed by atoms with Crippen LogP contribution in [-0.2, 0) is 9.53 Å². The Morgan fingerprint density at radius 2 is 2.21 bits per heavy atom. The molecule has 4 nitrogen and oxygen atoms in total. The molecular weight excluding hydrogens is 180 g/mol. The van der Waals surface area contributed by atoms with Gasteiger partial charge in [-0.25, -0.2) is 0 Å². The standard InChI is InChI=1S/C10H18N2O2/c1-10(2,5-4-6-11)8-12-7-9(13)14-3/h12H,4-5,7-8H2,1-3H3. The van der Waals surface area contributed by atoms with E-state index in [4.69, 9.17) is 5.26 Å². The van der Waals surface area contributed by atoms with Gasteiger partial charge in [0.25, 0.3) is 0 Å². The Labute approximate surface area is 85.2 Å². The van der Waals surface area contributed by atoms with Gasteiger partial charge in [-0.05, 0) is 11.8 Å². The minimum atomic E-state index is -0.263. The monoisotopic (exact) mass is 198 g/mol. The van der Waals surface area contributed by atoms with Crippen molar-refractivity contribution in [3.8, 4) is 6.07 Å². The van der Waals surface area contributed by atoms with Crippen molar-refractivity contribution in [3.05, 3.63) is 0 Å². The molecule has 0 rings (SSSR count). The van der Waals surface area contributed by atoms with E-state index in [-0.39, 0.29) is 17.9 Å². The maximum absolute atomic E-state index is 10.8. The average Bonchev–Trinajstić information content (AvgIpc) is 2.14. The third kappa shape index (κ3) is 6.44. The predicted molar refractivity (Wildman–Crippen MR) is 53.5 cm³/mol. The molecule has 0 saturated carbocycles. The first-order chi connectivity index (χ1) is 6.52. The summed E-state index contributed by atoms with van der Waals surface area (Å²) in [6, 6.07) is 2.11. The quantitative estimate of drug-likeness (QED) is 0.649. The van der Waals surface area contributed by atoms with Gasteiger partial charge in [-0.15, -0.1) is 0 Å². The fraction of sp³-hybridized carbons (Fsp3) is 0.800. The summed E-state index contributed by atoms with van der Waals surface area (Å²) in [6.45, 7) is 5.07. The van der Waals surface area contributed by atoms with Crippen LogP contribution in [0.1, 0.15) is 26.7 Å². The van der Waals surface area contributed by atoms with Gasteiger partial charge >= 0.3 is 5.97 Å². The average molecular weight is 198 g/mol. The lowest BCUT2D eigenvalue weighted by Gasteiger charge is -2.23. The predicted octanol–water partition coefficient (Wildman–Crippen LogP) is 1.08. The Bertz CT molecular complexity index is 219. The number of nitrogens with zero attached hydrogens (tertiary/aromatic N) is 1. The number of nitrogens with one attached hydrogen (secondary N) is 1. The van der Waals surface area contributed by atoms with Crippen LogP contribution in [0.4, 0.5) is 0 Å². The number of nitriles is 1. The summed E-state index contributed by atoms with van der Waals surface area (Å²) < 4.78 is 4.49. The van der Waals surface area contributed by atoms with E-state index in [1.807, 2.05) is 0 Å². The van der Waals surface area contributed by atoms with Gasteiger partial charge in [0.1, 0.15) is 0 Å². The van der Waals surface area contributed by atoms with E-state index >= 15 is 0 Å². The van der Waals surface area contributed by atoms with Crippen molar-refractivity contribution in [2.45, 2.75) is 26.7 Å². The first-order valence-electron chi connectivity index (χ1n) is 4.66. The summed E-state index contributed by atoms with van der Waals surface area (Å²) >= 11 is 0. The van der Waals surface area contributed by atoms with Gasteiger partial charge in [-0.3, -0.25) is 4.79 Å². The Balaban J connectivity index is 3.65. The van der Waals surface area contributed by atoms with Crippen LogP contribution < -0.4 is 5.32 Å². The Morgan fingerprint density at radius 3 is 2.71 bits per heavy atom. The van der Waals surface area contributed by atoms with Crippen molar-refractivity contribution in [1.82, 2.24) is 5.32 Å². The second kappa shape index (κ2) is 6.39. The number of carbonyl (C=O) groups excluding carboxylic acids is 1. The third-order valence-electron chi connectivity index (χ3n) is 2.01. The van der Waals surface area contributed by atoms with E-state index < -0.39 is 0 Å². The molecule has 0 spiro atoms. The third-order valence-corrected chi connectivity index (χ3v) is 2.01. The lowest BCUT2D eigenvalue weighted by Crippen LogP contribution is -2.33. The Morgan fingerprint density at radius 1 is 1.57 bits per heavy atom. The van der Waals surface area contributed by atoms with E-state index in [1.54, 1.807) is 0 Å². The van der Waals surface area contributed by atoms with Gasteiger partial charge in [-0.2, -0.15) is 5.26 Å². The normalized spacial score (nSPS) is 10.7. The van der Waals surface area contributed by atoms with Crippen molar-refractivity contribution in [2.24, 2.45) is 5.41 Å². The van der Waals surface area contributed by atoms with Crippen molar-refractivity contribution < 1.29 is 9.53 Å². The maximum Gasteiger partial charge on any atom is 0.319 e. The molecule has 80 valence electrons. The van der Waals surface area contributed by atoms with Crippen LogP contribution >= 0.6 is 0 Å². The molecule has 0 aliphatic heterocycles. The van der Waals surface area contributed by atoms with Crippen LogP contribution in [-0.4, -0.2) is 26.2 Å². The molecule has 14 heavy (non-hydrogen) atoms. The van der Waals surface area contributed by atoms with Crippen LogP contribution in [0.25, 0.3) is 0 Å². The summed E-state index contributed by atoms with van der Waals surface area (Å²) in [7, 11) is 1.37. The van der Waals surface area contributed by atoms with Crippen LogP contribution in [0.5, 0.6) is 0 Å². The Kier molecular flexibility index (Phi) is 5.89. The fourth-order valence-corrected chi connectivity index (χ4v) is 1.06. The molecule has 0 aromatic heterocycles. The lowest BCUT2D eigenvalue weighted by atomic mass is 9.88. The highest BCUT2D eigenvalue weighted by Gasteiger charge is 2.17. The lowest BCUT2D eigenvalue weighted by molar-refractivity contribution is -0.139. The summed E-state index contributed by atoms with van der Waals surface area (Å²) in [6.07, 6.45) is 1.38. The number of methoxy groups -OCH3 is 1. The van der Waals surface area contributed by atoms with E-state index in [1.165, 1.54) is 7.11 Å². The molecule has 0 heterocycles. The van der Waals surface area contributed by atoms with Crippen molar-refractivity contribution in [2.75, 3.05) is 20.2 Å². The zero-order chi connectivity index (χ0) is 11.0. The van der Waals surface area contributed by atoms with Crippen molar-refractivity contribution in [1.29, 1.82) is 5.26 Å². The molecule has 0 aromatic rings. The molecule has 1 N–H and O–H groups in total. The van der Waals surface area contributed by atoms with Crippen LogP contribution in [0.2, 0.25) is 0 Å². The first-order valence-corrected chi connectivity index (χ1v) is 4.66. The van der Waals surface area contributed by atoms with Gasteiger partial charge < -0.3 is 10.1 Å². The molecule has 0 fully saturated rings. The van der Waals surface area contributed by atoms with E-state index in [9.17, 15) is 4.79 Å². The minimum Gasteiger partial charge on any atom is -0.468 e. The van der Waals surface area contributed by atoms with E-state index in [0.29, 0.717) is 13.0 Å². The molecule has 0 unspecified atom stereocenters. The van der Waals surface area contributed by atoms with E-state index in [0.717, 1.165) is 6.42 Å². The zero-order valence-corrected chi connectivity index (χ0v) is 9.09. The number of hydrogen-bond donors (Lipinski definition) is 1. The molecule has 0 radical (unpaired) electrons. The zero-order valence-electron chi connectivity index (χ0n) is 9.09. The van der Waals surface area contributed by atoms with Gasteiger partial charge in [0.05, 0.1) is 19.7 Å². The van der Waals surface area contributed by atoms with Crippen molar-refractivity contribution in [3.63, 3.8) is 0 Å². The van der Waals surface area contributed by atoms with Crippen LogP contribution in [0.15, 0.2) is 0 Å². The fourth-order valence-electron chi connectivity index (χ4n) is 1.06. The highest BCUT2D eigenvalue weighted by molar-refractivity contribution is 5.71. The number of rotatable bonds is 6. The largest absolute Gasteiger partial charge is 0.468 e. The molecule has 4 heteroatoms. The molecule has 0 atom stereocenters. The molecule has 0 amide bonds. The molecule has 0 aromatic carbocycles. The molecule has 0 aliphatic carbocycles. The van der Waals surface area contributed by atoms with E-state index in [2.05, 4.69) is 30.0 Å². The summed E-state index contributed by atoms with van der Waals surface area (Å²) in [4.78, 5) is 10.8. The number of ether oxygens (including phenoxy) is 1. The number of carbonyl (C=O) groups is 1. The van der Waals surface area contributed by atoms with Crippen molar-refractivity contribution >= 4 is 5.97 Å². The first kappa shape index (κ1) is 12.9. The Hall–Kier alpha value is -1.08. The smallest absolute Gasteiger partial charge is 0.319 e. The molecular formula is C10H18N2O2. The molecule has 0 bridgehead atoms. The minimum absolute atomic E-state index is 0.0454. The summed E-state index contributed by atoms with van der Waals surface area (Å²) in [5.74, 6) is -0.263. The number of hydrogen-bond acceptors (Lipinski definition) is 4. The summed E-state index contributed by atoms with van der Waals surface area (Å²) in [5, 5.41) is 11.4. The highest BCUT2D eigenvalue weighted by Crippen LogP contribution is 2.20. The second-order valence-corrected chi connectivity index (χ2v) is 4.00. The highest BCUT2D eigenvalue weighted by atomic mass is 16.5. The molecule has 0 saturated heterocycles. The van der Waals surface area contributed by atoms with Crippen LogP contribution in [0.3, 0.4) is 0 Å². The van der Waals surface area contributed by atoms with Crippen LogP contribution in [0, 0.1) is 16.7 Å². The topological polar surface area (TPSA) is 62.1 Å². The van der Waals surface area contributed by atoms with Gasteiger partial charge in [0.15, 0.2) is 0 Å². The SMILES string of the molecule is COC(=O)CNCC(C)(C)CCC#N. The number of esters is 1. The maximum atomic E-state index is 10.8. The van der Waals surface area contributed by atoms with Gasteiger partial charge in [0, 0.05) is 13.0 Å². The summed E-state index contributed by atoms with van der Waals surface area (Å²) in [5.41, 5.74) is 0.0454.